The smallest absolute Gasteiger partial charge is 0.242 e. The third kappa shape index (κ3) is 4.06. The summed E-state index contributed by atoms with van der Waals surface area (Å²) in [6.07, 6.45) is 5.51. The fourth-order valence-electron chi connectivity index (χ4n) is 2.90. The third-order valence-corrected chi connectivity index (χ3v) is 6.24. The van der Waals surface area contributed by atoms with E-state index < -0.39 is 10.0 Å². The second kappa shape index (κ2) is 7.51. The van der Waals surface area contributed by atoms with E-state index in [2.05, 4.69) is 14.6 Å². The number of nitrogens with one attached hydrogen (secondary N) is 1. The first kappa shape index (κ1) is 17.2. The first-order valence-corrected chi connectivity index (χ1v) is 9.81. The first-order chi connectivity index (χ1) is 11.6. The van der Waals surface area contributed by atoms with Crippen LogP contribution < -0.4 is 9.62 Å². The maximum atomic E-state index is 12.4. The van der Waals surface area contributed by atoms with Gasteiger partial charge in [-0.05, 0) is 43.0 Å². The van der Waals surface area contributed by atoms with E-state index >= 15 is 0 Å². The molecule has 0 amide bonds. The molecule has 5 nitrogen and oxygen atoms in total. The first-order valence-electron chi connectivity index (χ1n) is 7.95. The monoisotopic (exact) mass is 365 g/mol. The average Bonchev–Trinajstić information content (AvgIpc) is 2.61. The molecule has 0 saturated carbocycles. The standard InChI is InChI=1S/C17H20ClN3O2S/c18-16-5-1-2-6-17(16)24(22,23)20-12-14-7-10-21(11-8-14)15-4-3-9-19-13-15/h1-6,9,13-14,20H,7-8,10-12H2. The number of rotatable bonds is 5. The lowest BCUT2D eigenvalue weighted by molar-refractivity contribution is 0.402. The van der Waals surface area contributed by atoms with Crippen molar-refractivity contribution in [1.29, 1.82) is 0 Å². The van der Waals surface area contributed by atoms with Crippen molar-refractivity contribution in [3.05, 3.63) is 53.8 Å². The highest BCUT2D eigenvalue weighted by Crippen LogP contribution is 2.24. The summed E-state index contributed by atoms with van der Waals surface area (Å²) in [5.41, 5.74) is 1.12. The highest BCUT2D eigenvalue weighted by atomic mass is 35.5. The Kier molecular flexibility index (Phi) is 5.38. The van der Waals surface area contributed by atoms with Crippen LogP contribution in [0.25, 0.3) is 0 Å². The molecule has 1 aromatic heterocycles. The molecule has 0 aliphatic carbocycles. The second-order valence-electron chi connectivity index (χ2n) is 5.92. The fraction of sp³-hybridized carbons (Fsp3) is 0.353. The lowest BCUT2D eigenvalue weighted by atomic mass is 9.97. The lowest BCUT2D eigenvalue weighted by Crippen LogP contribution is -2.38. The van der Waals surface area contributed by atoms with Gasteiger partial charge in [-0.25, -0.2) is 13.1 Å². The van der Waals surface area contributed by atoms with Gasteiger partial charge in [-0.2, -0.15) is 0 Å². The Morgan fingerprint density at radius 1 is 1.17 bits per heavy atom. The van der Waals surface area contributed by atoms with Crippen molar-refractivity contribution in [3.63, 3.8) is 0 Å². The van der Waals surface area contributed by atoms with Gasteiger partial charge < -0.3 is 4.90 Å². The summed E-state index contributed by atoms with van der Waals surface area (Å²) >= 11 is 5.99. The minimum atomic E-state index is -3.56. The van der Waals surface area contributed by atoms with Crippen molar-refractivity contribution in [2.45, 2.75) is 17.7 Å². The van der Waals surface area contributed by atoms with Gasteiger partial charge in [0, 0.05) is 25.8 Å². The molecule has 128 valence electrons. The Morgan fingerprint density at radius 2 is 1.92 bits per heavy atom. The van der Waals surface area contributed by atoms with E-state index in [1.54, 1.807) is 24.4 Å². The van der Waals surface area contributed by atoms with Crippen LogP contribution >= 0.6 is 11.6 Å². The molecule has 1 N–H and O–H groups in total. The van der Waals surface area contributed by atoms with Gasteiger partial charge in [-0.15, -0.1) is 0 Å². The average molecular weight is 366 g/mol. The topological polar surface area (TPSA) is 62.3 Å². The molecule has 0 atom stereocenters. The molecule has 0 bridgehead atoms. The molecule has 1 saturated heterocycles. The number of piperidine rings is 1. The Morgan fingerprint density at radius 3 is 2.58 bits per heavy atom. The summed E-state index contributed by atoms with van der Waals surface area (Å²) in [6.45, 7) is 2.25. The summed E-state index contributed by atoms with van der Waals surface area (Å²) in [5.74, 6) is 0.329. The van der Waals surface area contributed by atoms with Gasteiger partial charge in [0.2, 0.25) is 10.0 Å². The molecule has 1 fully saturated rings. The molecule has 3 rings (SSSR count). The highest BCUT2D eigenvalue weighted by molar-refractivity contribution is 7.89. The molecule has 7 heteroatoms. The quantitative estimate of drug-likeness (QED) is 0.884. The van der Waals surface area contributed by atoms with Gasteiger partial charge in [-0.3, -0.25) is 4.98 Å². The van der Waals surface area contributed by atoms with Gasteiger partial charge in [0.1, 0.15) is 4.90 Å². The number of anilines is 1. The number of hydrogen-bond donors (Lipinski definition) is 1. The Hall–Kier alpha value is -1.63. The van der Waals surface area contributed by atoms with E-state index in [1.165, 1.54) is 6.07 Å². The Balaban J connectivity index is 1.54. The van der Waals surface area contributed by atoms with Gasteiger partial charge in [-0.1, -0.05) is 23.7 Å². The molecule has 1 aliphatic heterocycles. The van der Waals surface area contributed by atoms with Crippen molar-refractivity contribution >= 4 is 27.3 Å². The predicted octanol–water partition coefficient (Wildman–Crippen LogP) is 2.93. The van der Waals surface area contributed by atoms with E-state index in [-0.39, 0.29) is 9.92 Å². The van der Waals surface area contributed by atoms with Crippen LogP contribution in [0, 0.1) is 5.92 Å². The van der Waals surface area contributed by atoms with Gasteiger partial charge in [0.15, 0.2) is 0 Å². The van der Waals surface area contributed by atoms with Crippen LogP contribution in [0.4, 0.5) is 5.69 Å². The normalized spacial score (nSPS) is 16.3. The summed E-state index contributed by atoms with van der Waals surface area (Å²) in [5, 5.41) is 0.247. The summed E-state index contributed by atoms with van der Waals surface area (Å²) in [4.78, 5) is 6.57. The fourth-order valence-corrected chi connectivity index (χ4v) is 4.54. The van der Waals surface area contributed by atoms with Crippen LogP contribution in [0.5, 0.6) is 0 Å². The number of benzene rings is 1. The number of halogens is 1. The summed E-state index contributed by atoms with van der Waals surface area (Å²) < 4.78 is 27.4. The van der Waals surface area contributed by atoms with Gasteiger partial charge >= 0.3 is 0 Å². The maximum absolute atomic E-state index is 12.4. The van der Waals surface area contributed by atoms with Crippen LogP contribution in [-0.4, -0.2) is 33.0 Å². The number of sulfonamides is 1. The van der Waals surface area contributed by atoms with Crippen LogP contribution in [0.3, 0.4) is 0 Å². The largest absolute Gasteiger partial charge is 0.370 e. The second-order valence-corrected chi connectivity index (χ2v) is 8.07. The van der Waals surface area contributed by atoms with Crippen LogP contribution in [0.15, 0.2) is 53.7 Å². The molecule has 1 aromatic carbocycles. The molecular weight excluding hydrogens is 346 g/mol. The van der Waals surface area contributed by atoms with Crippen LogP contribution in [0.2, 0.25) is 5.02 Å². The minimum absolute atomic E-state index is 0.138. The predicted molar refractivity (Wildman–Crippen MR) is 95.8 cm³/mol. The van der Waals surface area contributed by atoms with Gasteiger partial charge in [0.25, 0.3) is 0 Å². The van der Waals surface area contributed by atoms with Crippen molar-refractivity contribution in [1.82, 2.24) is 9.71 Å². The maximum Gasteiger partial charge on any atom is 0.242 e. The minimum Gasteiger partial charge on any atom is -0.370 e. The molecule has 24 heavy (non-hydrogen) atoms. The van der Waals surface area contributed by atoms with Crippen molar-refractivity contribution in [3.8, 4) is 0 Å². The lowest BCUT2D eigenvalue weighted by Gasteiger charge is -2.33. The van der Waals surface area contributed by atoms with Crippen molar-refractivity contribution in [2.24, 2.45) is 5.92 Å². The number of aromatic nitrogens is 1. The molecule has 0 radical (unpaired) electrons. The number of pyridine rings is 1. The highest BCUT2D eigenvalue weighted by Gasteiger charge is 2.23. The molecule has 0 unspecified atom stereocenters. The van der Waals surface area contributed by atoms with Crippen LogP contribution in [-0.2, 0) is 10.0 Å². The number of nitrogens with zero attached hydrogens (tertiary/aromatic N) is 2. The van der Waals surface area contributed by atoms with Crippen LogP contribution in [0.1, 0.15) is 12.8 Å². The van der Waals surface area contributed by atoms with E-state index in [9.17, 15) is 8.42 Å². The molecular formula is C17H20ClN3O2S. The molecule has 1 aliphatic rings. The van der Waals surface area contributed by atoms with Gasteiger partial charge in [0.05, 0.1) is 16.9 Å². The number of hydrogen-bond acceptors (Lipinski definition) is 4. The zero-order valence-electron chi connectivity index (χ0n) is 13.2. The zero-order chi connectivity index (χ0) is 17.0. The molecule has 2 aromatic rings. The Bertz CT molecular complexity index is 775. The van der Waals surface area contributed by atoms with E-state index in [4.69, 9.17) is 11.6 Å². The summed E-state index contributed by atoms with van der Waals surface area (Å²) in [6, 6.07) is 10.5. The molecule has 0 spiro atoms. The van der Waals surface area contributed by atoms with Crippen molar-refractivity contribution < 1.29 is 8.42 Å². The van der Waals surface area contributed by atoms with E-state index in [0.29, 0.717) is 12.5 Å². The summed E-state index contributed by atoms with van der Waals surface area (Å²) in [7, 11) is -3.56. The Labute approximate surface area is 147 Å². The SMILES string of the molecule is O=S(=O)(NCC1CCN(c2cccnc2)CC1)c1ccccc1Cl. The van der Waals surface area contributed by atoms with Crippen molar-refractivity contribution in [2.75, 3.05) is 24.5 Å². The zero-order valence-corrected chi connectivity index (χ0v) is 14.8. The third-order valence-electron chi connectivity index (χ3n) is 4.31. The molecule has 2 heterocycles. The van der Waals surface area contributed by atoms with E-state index in [1.807, 2.05) is 18.3 Å². The van der Waals surface area contributed by atoms with E-state index in [0.717, 1.165) is 31.6 Å².